The fraction of sp³-hybridized carbons (Fsp3) is 0.526. The van der Waals surface area contributed by atoms with Gasteiger partial charge in [0.05, 0.1) is 25.7 Å². The maximum absolute atomic E-state index is 12.8. The molecular weight excluding hydrogens is 338 g/mol. The van der Waals surface area contributed by atoms with E-state index in [1.807, 2.05) is 0 Å². The van der Waals surface area contributed by atoms with Gasteiger partial charge in [0.2, 0.25) is 5.91 Å². The van der Waals surface area contributed by atoms with Crippen molar-refractivity contribution in [2.75, 3.05) is 13.7 Å². The highest BCUT2D eigenvalue weighted by Gasteiger charge is 2.53. The molecule has 0 radical (unpaired) electrons. The second-order valence-electron chi connectivity index (χ2n) is 6.69. The van der Waals surface area contributed by atoms with Gasteiger partial charge in [-0.3, -0.25) is 9.59 Å². The number of likely N-dealkylation sites (tertiary alicyclic amines) is 1. The topological polar surface area (TPSA) is 93.1 Å². The molecule has 0 bridgehead atoms. The zero-order valence-electron chi connectivity index (χ0n) is 14.9. The molecule has 7 nitrogen and oxygen atoms in total. The van der Waals surface area contributed by atoms with Gasteiger partial charge in [0, 0.05) is 5.92 Å². The van der Waals surface area contributed by atoms with Gasteiger partial charge in [-0.25, -0.2) is 4.79 Å². The number of carboxylic acids is 1. The van der Waals surface area contributed by atoms with Crippen molar-refractivity contribution in [1.29, 1.82) is 0 Å². The quantitative estimate of drug-likeness (QED) is 0.779. The van der Waals surface area contributed by atoms with Gasteiger partial charge >= 0.3 is 11.9 Å². The van der Waals surface area contributed by atoms with Crippen molar-refractivity contribution >= 4 is 17.8 Å². The number of ether oxygens (including phenoxy) is 2. The molecule has 140 valence electrons. The molecule has 1 aromatic rings. The minimum Gasteiger partial charge on any atom is -0.497 e. The Hall–Kier alpha value is -2.57. The Labute approximate surface area is 151 Å². The predicted molar refractivity (Wildman–Crippen MR) is 91.5 cm³/mol. The molecule has 2 aliphatic rings. The first-order valence-corrected chi connectivity index (χ1v) is 8.83. The van der Waals surface area contributed by atoms with Crippen LogP contribution in [0.4, 0.5) is 0 Å². The molecule has 2 fully saturated rings. The largest absolute Gasteiger partial charge is 0.497 e. The summed E-state index contributed by atoms with van der Waals surface area (Å²) in [6.07, 6.45) is 1.59. The molecule has 3 unspecified atom stereocenters. The first-order valence-electron chi connectivity index (χ1n) is 8.83. The molecule has 1 aromatic carbocycles. The lowest BCUT2D eigenvalue weighted by molar-refractivity contribution is -0.152. The number of carboxylic acid groups (broad SMARTS) is 1. The molecule has 7 heteroatoms. The van der Waals surface area contributed by atoms with Crippen molar-refractivity contribution in [3.8, 4) is 5.75 Å². The molecule has 3 atom stereocenters. The average Bonchev–Trinajstić information content (AvgIpc) is 3.40. The van der Waals surface area contributed by atoms with Gasteiger partial charge in [-0.15, -0.1) is 0 Å². The minimum absolute atomic E-state index is 0.0589. The van der Waals surface area contributed by atoms with E-state index in [2.05, 4.69) is 0 Å². The highest BCUT2D eigenvalue weighted by atomic mass is 16.5. The zero-order chi connectivity index (χ0) is 18.8. The van der Waals surface area contributed by atoms with Crippen molar-refractivity contribution in [2.24, 2.45) is 11.8 Å². The lowest BCUT2D eigenvalue weighted by Crippen LogP contribution is -2.43. The third-order valence-corrected chi connectivity index (χ3v) is 5.01. The van der Waals surface area contributed by atoms with E-state index in [0.29, 0.717) is 11.3 Å². The Morgan fingerprint density at radius 3 is 2.35 bits per heavy atom. The smallest absolute Gasteiger partial charge is 0.326 e. The third-order valence-electron chi connectivity index (χ3n) is 5.01. The molecule has 1 aliphatic carbocycles. The van der Waals surface area contributed by atoms with Crippen LogP contribution in [0, 0.1) is 11.8 Å². The van der Waals surface area contributed by atoms with Crippen LogP contribution in [0.3, 0.4) is 0 Å². The molecule has 1 heterocycles. The fourth-order valence-corrected chi connectivity index (χ4v) is 3.59. The molecule has 1 aliphatic heterocycles. The molecule has 0 spiro atoms. The van der Waals surface area contributed by atoms with Gasteiger partial charge < -0.3 is 19.5 Å². The number of amides is 1. The van der Waals surface area contributed by atoms with Crippen LogP contribution in [-0.4, -0.2) is 47.6 Å². The van der Waals surface area contributed by atoms with E-state index in [1.165, 1.54) is 4.90 Å². The number of carbonyl (C=O) groups excluding carboxylic acids is 2. The maximum Gasteiger partial charge on any atom is 0.326 e. The Kier molecular flexibility index (Phi) is 5.15. The van der Waals surface area contributed by atoms with E-state index in [-0.39, 0.29) is 24.9 Å². The highest BCUT2D eigenvalue weighted by molar-refractivity contribution is 5.89. The van der Waals surface area contributed by atoms with E-state index in [0.717, 1.165) is 12.8 Å². The van der Waals surface area contributed by atoms with Crippen molar-refractivity contribution in [1.82, 2.24) is 4.90 Å². The number of rotatable bonds is 6. The molecule has 1 amide bonds. The number of benzene rings is 1. The number of hydrogen-bond acceptors (Lipinski definition) is 5. The highest BCUT2D eigenvalue weighted by Crippen LogP contribution is 2.45. The number of hydrogen-bond donors (Lipinski definition) is 1. The standard InChI is InChI=1S/C19H23NO6/c1-3-26-19(24)14-10-15(18(22)23)20(17(21)12-4-5-12)16(14)11-6-8-13(25-2)9-7-11/h6-9,12,14-16H,3-5,10H2,1-2H3,(H,22,23). The number of esters is 1. The summed E-state index contributed by atoms with van der Waals surface area (Å²) in [5, 5.41) is 9.65. The number of aliphatic carboxylic acids is 1. The molecule has 1 saturated carbocycles. The summed E-state index contributed by atoms with van der Waals surface area (Å²) in [6, 6.07) is 5.36. The van der Waals surface area contributed by atoms with Crippen LogP contribution in [0.25, 0.3) is 0 Å². The average molecular weight is 361 g/mol. The van der Waals surface area contributed by atoms with Crippen LogP contribution >= 0.6 is 0 Å². The summed E-state index contributed by atoms with van der Waals surface area (Å²) >= 11 is 0. The molecule has 3 rings (SSSR count). The van der Waals surface area contributed by atoms with Gasteiger partial charge in [-0.1, -0.05) is 12.1 Å². The summed E-state index contributed by atoms with van der Waals surface area (Å²) in [7, 11) is 1.55. The van der Waals surface area contributed by atoms with Crippen LogP contribution < -0.4 is 4.74 Å². The minimum atomic E-state index is -1.09. The van der Waals surface area contributed by atoms with Gasteiger partial charge in [-0.05, 0) is 43.9 Å². The van der Waals surface area contributed by atoms with Crippen LogP contribution in [0.1, 0.15) is 37.8 Å². The summed E-state index contributed by atoms with van der Waals surface area (Å²) in [5.74, 6) is -1.94. The Morgan fingerprint density at radius 1 is 1.19 bits per heavy atom. The van der Waals surface area contributed by atoms with E-state index >= 15 is 0 Å². The van der Waals surface area contributed by atoms with Crippen molar-refractivity contribution in [3.63, 3.8) is 0 Å². The van der Waals surface area contributed by atoms with Crippen molar-refractivity contribution in [2.45, 2.75) is 38.3 Å². The van der Waals surface area contributed by atoms with Gasteiger partial charge in [0.25, 0.3) is 0 Å². The Balaban J connectivity index is 2.01. The summed E-state index contributed by atoms with van der Waals surface area (Å²) in [4.78, 5) is 38.5. The summed E-state index contributed by atoms with van der Waals surface area (Å²) in [5.41, 5.74) is 0.710. The maximum atomic E-state index is 12.8. The predicted octanol–water partition coefficient (Wildman–Crippen LogP) is 2.01. The SMILES string of the molecule is CCOC(=O)C1CC(C(=O)O)N(C(=O)C2CC2)C1c1ccc(OC)cc1. The number of nitrogens with zero attached hydrogens (tertiary/aromatic N) is 1. The van der Waals surface area contributed by atoms with E-state index in [4.69, 9.17) is 9.47 Å². The normalized spacial score (nSPS) is 25.0. The lowest BCUT2D eigenvalue weighted by Gasteiger charge is -2.30. The van der Waals surface area contributed by atoms with E-state index in [9.17, 15) is 19.5 Å². The molecule has 26 heavy (non-hydrogen) atoms. The van der Waals surface area contributed by atoms with Gasteiger partial charge in [0.15, 0.2) is 0 Å². The fourth-order valence-electron chi connectivity index (χ4n) is 3.59. The zero-order valence-corrected chi connectivity index (χ0v) is 14.9. The van der Waals surface area contributed by atoms with E-state index in [1.54, 1.807) is 38.3 Å². The van der Waals surface area contributed by atoms with Gasteiger partial charge in [0.1, 0.15) is 11.8 Å². The van der Waals surface area contributed by atoms with Crippen LogP contribution in [-0.2, 0) is 19.1 Å². The van der Waals surface area contributed by atoms with Crippen molar-refractivity contribution < 1.29 is 29.0 Å². The monoisotopic (exact) mass is 361 g/mol. The van der Waals surface area contributed by atoms with Crippen LogP contribution in [0.2, 0.25) is 0 Å². The molecule has 1 N–H and O–H groups in total. The lowest BCUT2D eigenvalue weighted by atomic mass is 9.93. The summed E-state index contributed by atoms with van der Waals surface area (Å²) in [6.45, 7) is 1.91. The van der Waals surface area contributed by atoms with Crippen molar-refractivity contribution in [3.05, 3.63) is 29.8 Å². The first kappa shape index (κ1) is 18.2. The third kappa shape index (κ3) is 3.38. The molecular formula is C19H23NO6. The van der Waals surface area contributed by atoms with Gasteiger partial charge in [-0.2, -0.15) is 0 Å². The van der Waals surface area contributed by atoms with E-state index < -0.39 is 29.9 Å². The number of methoxy groups -OCH3 is 1. The van der Waals surface area contributed by atoms with Crippen LogP contribution in [0.15, 0.2) is 24.3 Å². The second-order valence-corrected chi connectivity index (χ2v) is 6.69. The Bertz CT molecular complexity index is 696. The molecule has 0 aromatic heterocycles. The number of carbonyl (C=O) groups is 3. The first-order chi connectivity index (χ1) is 12.5. The second kappa shape index (κ2) is 7.35. The summed E-state index contributed by atoms with van der Waals surface area (Å²) < 4.78 is 10.3. The van der Waals surface area contributed by atoms with Crippen LogP contribution in [0.5, 0.6) is 5.75 Å². The Morgan fingerprint density at radius 2 is 1.85 bits per heavy atom. The molecule has 1 saturated heterocycles.